The number of nitro groups is 1. The summed E-state index contributed by atoms with van der Waals surface area (Å²) in [7, 11) is 0. The molecule has 0 atom stereocenters. The molecule has 0 aliphatic carbocycles. The van der Waals surface area contributed by atoms with Crippen LogP contribution in [0.25, 0.3) is 0 Å². The predicted octanol–water partition coefficient (Wildman–Crippen LogP) is 3.39. The van der Waals surface area contributed by atoms with Gasteiger partial charge in [-0.3, -0.25) is 10.1 Å². The summed E-state index contributed by atoms with van der Waals surface area (Å²) in [6.07, 6.45) is 1.15. The Morgan fingerprint density at radius 1 is 1.43 bits per heavy atom. The third-order valence-electron chi connectivity index (χ3n) is 2.76. The summed E-state index contributed by atoms with van der Waals surface area (Å²) in [5.74, 6) is -0.915. The van der Waals surface area contributed by atoms with E-state index < -0.39 is 10.9 Å². The van der Waals surface area contributed by atoms with Crippen LogP contribution in [0.1, 0.15) is 15.9 Å². The Balaban J connectivity index is 2.32. The van der Waals surface area contributed by atoms with Crippen LogP contribution in [-0.4, -0.2) is 21.0 Å². The van der Waals surface area contributed by atoms with Gasteiger partial charge in [0, 0.05) is 23.5 Å². The zero-order valence-electron chi connectivity index (χ0n) is 10.8. The van der Waals surface area contributed by atoms with Crippen LogP contribution < -0.4 is 5.32 Å². The van der Waals surface area contributed by atoms with Crippen molar-refractivity contribution in [3.63, 3.8) is 0 Å². The van der Waals surface area contributed by atoms with Gasteiger partial charge in [-0.05, 0) is 19.1 Å². The number of halogens is 1. The quantitative estimate of drug-likeness (QED) is 0.662. The number of aromatic carboxylic acids is 1. The van der Waals surface area contributed by atoms with Gasteiger partial charge in [0.2, 0.25) is 0 Å². The lowest BCUT2D eigenvalue weighted by molar-refractivity contribution is -0.385. The fraction of sp³-hybridized carbons (Fsp3) is 0.0769. The van der Waals surface area contributed by atoms with Crippen LogP contribution >= 0.6 is 11.6 Å². The van der Waals surface area contributed by atoms with Gasteiger partial charge in [0.1, 0.15) is 5.82 Å². The fourth-order valence-corrected chi connectivity index (χ4v) is 1.88. The molecule has 2 N–H and O–H groups in total. The number of nitrogens with one attached hydrogen (secondary N) is 1. The maximum atomic E-state index is 10.9. The smallest absolute Gasteiger partial charge is 0.337 e. The van der Waals surface area contributed by atoms with E-state index in [-0.39, 0.29) is 22.1 Å². The molecule has 0 saturated carbocycles. The number of carboxylic acids is 1. The lowest BCUT2D eigenvalue weighted by atomic mass is 10.2. The molecule has 0 spiro atoms. The SMILES string of the molecule is Cc1ccc(Nc2ncc(C(=O)O)cc2Cl)cc1[N+](=O)[O-]. The molecule has 0 fully saturated rings. The standard InChI is InChI=1S/C13H10ClN3O4/c1-7-2-3-9(5-11(7)17(20)21)16-12-10(14)4-8(6-15-12)13(18)19/h2-6H,1H3,(H,15,16)(H,18,19). The number of anilines is 2. The molecule has 0 unspecified atom stereocenters. The average molecular weight is 308 g/mol. The van der Waals surface area contributed by atoms with Crippen molar-refractivity contribution in [1.82, 2.24) is 4.98 Å². The van der Waals surface area contributed by atoms with Crippen LogP contribution in [0.5, 0.6) is 0 Å². The average Bonchev–Trinajstić information content (AvgIpc) is 2.42. The molecule has 1 aromatic heterocycles. The minimum absolute atomic E-state index is 0.0294. The van der Waals surface area contributed by atoms with Gasteiger partial charge in [-0.1, -0.05) is 17.7 Å². The maximum absolute atomic E-state index is 10.9. The Labute approximate surface area is 124 Å². The highest BCUT2D eigenvalue weighted by atomic mass is 35.5. The molecule has 0 radical (unpaired) electrons. The molecule has 1 heterocycles. The second-order valence-electron chi connectivity index (χ2n) is 4.24. The summed E-state index contributed by atoms with van der Waals surface area (Å²) >= 11 is 5.93. The number of rotatable bonds is 4. The molecular formula is C13H10ClN3O4. The fourth-order valence-electron chi connectivity index (χ4n) is 1.67. The number of benzene rings is 1. The maximum Gasteiger partial charge on any atom is 0.337 e. The Morgan fingerprint density at radius 2 is 2.14 bits per heavy atom. The van der Waals surface area contributed by atoms with Gasteiger partial charge in [-0.2, -0.15) is 0 Å². The van der Waals surface area contributed by atoms with E-state index in [1.165, 1.54) is 12.1 Å². The van der Waals surface area contributed by atoms with E-state index in [2.05, 4.69) is 10.3 Å². The molecule has 8 heteroatoms. The molecule has 108 valence electrons. The van der Waals surface area contributed by atoms with Crippen molar-refractivity contribution in [3.05, 3.63) is 56.7 Å². The van der Waals surface area contributed by atoms with Crippen molar-refractivity contribution >= 4 is 34.8 Å². The van der Waals surface area contributed by atoms with Gasteiger partial charge in [0.15, 0.2) is 0 Å². The van der Waals surface area contributed by atoms with Crippen LogP contribution in [-0.2, 0) is 0 Å². The van der Waals surface area contributed by atoms with Gasteiger partial charge in [-0.25, -0.2) is 9.78 Å². The van der Waals surface area contributed by atoms with Crippen molar-refractivity contribution in [3.8, 4) is 0 Å². The summed E-state index contributed by atoms with van der Waals surface area (Å²) in [5.41, 5.74) is 0.898. The van der Waals surface area contributed by atoms with E-state index in [0.29, 0.717) is 11.3 Å². The normalized spacial score (nSPS) is 10.2. The van der Waals surface area contributed by atoms with Gasteiger partial charge in [-0.15, -0.1) is 0 Å². The molecule has 0 aliphatic rings. The predicted molar refractivity (Wildman–Crippen MR) is 77.3 cm³/mol. The van der Waals surface area contributed by atoms with Crippen LogP contribution in [0, 0.1) is 17.0 Å². The number of nitrogens with zero attached hydrogens (tertiary/aromatic N) is 2. The number of pyridine rings is 1. The van der Waals surface area contributed by atoms with E-state index in [1.54, 1.807) is 19.1 Å². The third-order valence-corrected chi connectivity index (χ3v) is 3.04. The summed E-state index contributed by atoms with van der Waals surface area (Å²) in [4.78, 5) is 25.1. The molecular weight excluding hydrogens is 298 g/mol. The summed E-state index contributed by atoms with van der Waals surface area (Å²) in [6, 6.07) is 5.85. The van der Waals surface area contributed by atoms with E-state index in [9.17, 15) is 14.9 Å². The number of hydrogen-bond acceptors (Lipinski definition) is 5. The van der Waals surface area contributed by atoms with Gasteiger partial charge < -0.3 is 10.4 Å². The minimum atomic E-state index is -1.14. The molecule has 2 aromatic rings. The summed E-state index contributed by atoms with van der Waals surface area (Å²) < 4.78 is 0. The highest BCUT2D eigenvalue weighted by Gasteiger charge is 2.13. The Kier molecular flexibility index (Phi) is 4.04. The Hall–Kier alpha value is -2.67. The molecule has 2 rings (SSSR count). The lowest BCUT2D eigenvalue weighted by Gasteiger charge is -2.08. The Morgan fingerprint density at radius 3 is 2.71 bits per heavy atom. The van der Waals surface area contributed by atoms with Crippen molar-refractivity contribution in [2.75, 3.05) is 5.32 Å². The first kappa shape index (κ1) is 14.7. The Bertz CT molecular complexity index is 733. The number of aryl methyl sites for hydroxylation is 1. The second kappa shape index (κ2) is 5.76. The van der Waals surface area contributed by atoms with E-state index in [4.69, 9.17) is 16.7 Å². The number of carboxylic acid groups (broad SMARTS) is 1. The van der Waals surface area contributed by atoms with Crippen molar-refractivity contribution in [1.29, 1.82) is 0 Å². The molecule has 7 nitrogen and oxygen atoms in total. The summed E-state index contributed by atoms with van der Waals surface area (Å²) in [5, 5.41) is 22.6. The molecule has 1 aromatic carbocycles. The van der Waals surface area contributed by atoms with E-state index >= 15 is 0 Å². The van der Waals surface area contributed by atoms with E-state index in [0.717, 1.165) is 6.20 Å². The monoisotopic (exact) mass is 307 g/mol. The lowest BCUT2D eigenvalue weighted by Crippen LogP contribution is -2.01. The number of nitro benzene ring substituents is 1. The molecule has 0 saturated heterocycles. The molecule has 0 aliphatic heterocycles. The zero-order valence-corrected chi connectivity index (χ0v) is 11.6. The molecule has 0 amide bonds. The van der Waals surface area contributed by atoms with Crippen LogP contribution in [0.4, 0.5) is 17.2 Å². The van der Waals surface area contributed by atoms with Crippen molar-refractivity contribution in [2.24, 2.45) is 0 Å². The third kappa shape index (κ3) is 3.26. The van der Waals surface area contributed by atoms with Crippen molar-refractivity contribution in [2.45, 2.75) is 6.92 Å². The second-order valence-corrected chi connectivity index (χ2v) is 4.65. The minimum Gasteiger partial charge on any atom is -0.478 e. The van der Waals surface area contributed by atoms with Gasteiger partial charge >= 0.3 is 5.97 Å². The zero-order chi connectivity index (χ0) is 15.6. The van der Waals surface area contributed by atoms with Gasteiger partial charge in [0.25, 0.3) is 5.69 Å². The van der Waals surface area contributed by atoms with E-state index in [1.807, 2.05) is 0 Å². The first-order valence-electron chi connectivity index (χ1n) is 5.79. The number of hydrogen-bond donors (Lipinski definition) is 2. The first-order chi connectivity index (χ1) is 9.88. The highest BCUT2D eigenvalue weighted by Crippen LogP contribution is 2.27. The largest absolute Gasteiger partial charge is 0.478 e. The summed E-state index contributed by atoms with van der Waals surface area (Å²) in [6.45, 7) is 1.63. The molecule has 21 heavy (non-hydrogen) atoms. The van der Waals surface area contributed by atoms with Crippen molar-refractivity contribution < 1.29 is 14.8 Å². The molecule has 0 bridgehead atoms. The number of aromatic nitrogens is 1. The van der Waals surface area contributed by atoms with Crippen LogP contribution in [0.2, 0.25) is 5.02 Å². The highest BCUT2D eigenvalue weighted by molar-refractivity contribution is 6.33. The topological polar surface area (TPSA) is 105 Å². The van der Waals surface area contributed by atoms with Crippen LogP contribution in [0.15, 0.2) is 30.5 Å². The number of carbonyl (C=O) groups is 1. The first-order valence-corrected chi connectivity index (χ1v) is 6.17. The van der Waals surface area contributed by atoms with Gasteiger partial charge in [0.05, 0.1) is 15.5 Å². The van der Waals surface area contributed by atoms with Crippen LogP contribution in [0.3, 0.4) is 0 Å².